The molecule has 2 heterocycles. The van der Waals surface area contributed by atoms with Crippen molar-refractivity contribution in [3.63, 3.8) is 0 Å². The van der Waals surface area contributed by atoms with E-state index in [1.54, 1.807) is 0 Å². The fourth-order valence-electron chi connectivity index (χ4n) is 3.97. The molecule has 0 N–H and O–H groups in total. The van der Waals surface area contributed by atoms with Gasteiger partial charge in [-0.3, -0.25) is 0 Å². The van der Waals surface area contributed by atoms with Crippen LogP contribution >= 0.6 is 0 Å². The highest BCUT2D eigenvalue weighted by Crippen LogP contribution is 2.37. The lowest BCUT2D eigenvalue weighted by Crippen LogP contribution is -1.96. The summed E-state index contributed by atoms with van der Waals surface area (Å²) in [6, 6.07) is 25.5. The van der Waals surface area contributed by atoms with Gasteiger partial charge in [0.2, 0.25) is 5.71 Å². The lowest BCUT2D eigenvalue weighted by Gasteiger charge is -2.05. The SMILES string of the molecule is CCCCn1c2cc(C=Cc3ccccc3)ccc2c2c3ccccc3oc21. The summed E-state index contributed by atoms with van der Waals surface area (Å²) < 4.78 is 8.63. The van der Waals surface area contributed by atoms with Crippen LogP contribution in [0.3, 0.4) is 0 Å². The molecule has 2 aromatic heterocycles. The van der Waals surface area contributed by atoms with Crippen LogP contribution in [0.1, 0.15) is 30.9 Å². The van der Waals surface area contributed by atoms with Crippen LogP contribution in [0.25, 0.3) is 45.1 Å². The summed E-state index contributed by atoms with van der Waals surface area (Å²) in [7, 11) is 0. The smallest absolute Gasteiger partial charge is 0.209 e. The van der Waals surface area contributed by atoms with E-state index in [0.717, 1.165) is 30.7 Å². The molecule has 138 valence electrons. The number of hydrogen-bond acceptors (Lipinski definition) is 1. The van der Waals surface area contributed by atoms with Gasteiger partial charge < -0.3 is 8.98 Å². The molecule has 0 radical (unpaired) electrons. The van der Waals surface area contributed by atoms with Crippen molar-refractivity contribution >= 4 is 45.1 Å². The molecule has 0 aliphatic heterocycles. The van der Waals surface area contributed by atoms with Crippen molar-refractivity contribution in [3.05, 3.63) is 83.9 Å². The van der Waals surface area contributed by atoms with E-state index in [1.165, 1.54) is 32.8 Å². The zero-order valence-corrected chi connectivity index (χ0v) is 16.1. The lowest BCUT2D eigenvalue weighted by atomic mass is 10.1. The van der Waals surface area contributed by atoms with Gasteiger partial charge in [0.25, 0.3) is 0 Å². The molecule has 2 nitrogen and oxygen atoms in total. The Labute approximate surface area is 164 Å². The van der Waals surface area contributed by atoms with E-state index in [0.29, 0.717) is 0 Å². The van der Waals surface area contributed by atoms with Gasteiger partial charge in [-0.1, -0.05) is 86.2 Å². The van der Waals surface area contributed by atoms with Gasteiger partial charge in [0.1, 0.15) is 5.58 Å². The number of hydrogen-bond donors (Lipinski definition) is 0. The van der Waals surface area contributed by atoms with Crippen LogP contribution in [0.4, 0.5) is 0 Å². The Kier molecular flexibility index (Phi) is 4.25. The van der Waals surface area contributed by atoms with E-state index in [4.69, 9.17) is 4.42 Å². The summed E-state index contributed by atoms with van der Waals surface area (Å²) in [5.41, 5.74) is 5.63. The summed E-state index contributed by atoms with van der Waals surface area (Å²) in [5.74, 6) is 0. The second-order valence-electron chi connectivity index (χ2n) is 7.30. The van der Waals surface area contributed by atoms with Gasteiger partial charge in [0.15, 0.2) is 0 Å². The minimum atomic E-state index is 0.965. The summed E-state index contributed by atoms with van der Waals surface area (Å²) in [4.78, 5) is 0. The maximum Gasteiger partial charge on any atom is 0.209 e. The second-order valence-corrected chi connectivity index (χ2v) is 7.30. The first kappa shape index (κ1) is 16.9. The van der Waals surface area contributed by atoms with Gasteiger partial charge >= 0.3 is 0 Å². The molecular weight excluding hydrogens is 342 g/mol. The Hall–Kier alpha value is -3.26. The van der Waals surface area contributed by atoms with Gasteiger partial charge in [-0.2, -0.15) is 0 Å². The first-order valence-electron chi connectivity index (χ1n) is 10.0. The fraction of sp³-hybridized carbons (Fsp3) is 0.154. The monoisotopic (exact) mass is 365 g/mol. The second kappa shape index (κ2) is 7.05. The van der Waals surface area contributed by atoms with Crippen LogP contribution in [0.5, 0.6) is 0 Å². The largest absolute Gasteiger partial charge is 0.439 e. The minimum Gasteiger partial charge on any atom is -0.439 e. The molecule has 3 aromatic carbocycles. The number of aromatic nitrogens is 1. The Morgan fingerprint density at radius 1 is 0.821 bits per heavy atom. The Morgan fingerprint density at radius 2 is 1.61 bits per heavy atom. The van der Waals surface area contributed by atoms with E-state index in [9.17, 15) is 0 Å². The van der Waals surface area contributed by atoms with Gasteiger partial charge in [-0.05, 0) is 29.7 Å². The van der Waals surface area contributed by atoms with Crippen molar-refractivity contribution in [1.82, 2.24) is 4.57 Å². The van der Waals surface area contributed by atoms with Crippen molar-refractivity contribution in [1.29, 1.82) is 0 Å². The fourth-order valence-corrected chi connectivity index (χ4v) is 3.97. The van der Waals surface area contributed by atoms with Crippen molar-refractivity contribution in [3.8, 4) is 0 Å². The van der Waals surface area contributed by atoms with Gasteiger partial charge in [0, 0.05) is 17.3 Å². The van der Waals surface area contributed by atoms with Gasteiger partial charge in [-0.25, -0.2) is 0 Å². The molecule has 0 fully saturated rings. The molecule has 5 aromatic rings. The third-order valence-electron chi connectivity index (χ3n) is 5.41. The standard InChI is InChI=1S/C26H23NO/c1-2-3-17-27-23-18-20(14-13-19-9-5-4-6-10-19)15-16-21(23)25-22-11-7-8-12-24(22)28-26(25)27/h4-16,18H,2-3,17H2,1H3. The summed E-state index contributed by atoms with van der Waals surface area (Å²) in [6.07, 6.45) is 6.65. The number of benzene rings is 3. The normalized spacial score (nSPS) is 12.0. The Bertz CT molecular complexity index is 1290. The van der Waals surface area contributed by atoms with Crippen molar-refractivity contribution in [2.75, 3.05) is 0 Å². The number of fused-ring (bicyclic) bond motifs is 5. The molecule has 0 atom stereocenters. The molecular formula is C26H23NO. The van der Waals surface area contributed by atoms with Crippen molar-refractivity contribution in [2.24, 2.45) is 0 Å². The predicted molar refractivity (Wildman–Crippen MR) is 119 cm³/mol. The maximum atomic E-state index is 6.28. The van der Waals surface area contributed by atoms with Crippen molar-refractivity contribution < 1.29 is 4.42 Å². The molecule has 0 aliphatic rings. The number of para-hydroxylation sites is 1. The Balaban J connectivity index is 1.69. The average Bonchev–Trinajstić information content (AvgIpc) is 3.26. The summed E-state index contributed by atoms with van der Waals surface area (Å²) in [6.45, 7) is 3.21. The van der Waals surface area contributed by atoms with E-state index in [2.05, 4.69) is 84.3 Å². The zero-order valence-electron chi connectivity index (χ0n) is 16.1. The lowest BCUT2D eigenvalue weighted by molar-refractivity contribution is 0.585. The van der Waals surface area contributed by atoms with Crippen LogP contribution in [-0.4, -0.2) is 4.57 Å². The molecule has 28 heavy (non-hydrogen) atoms. The molecule has 0 amide bonds. The Morgan fingerprint density at radius 3 is 2.46 bits per heavy atom. The molecule has 0 bridgehead atoms. The third kappa shape index (κ3) is 2.82. The number of rotatable bonds is 5. The molecule has 5 rings (SSSR count). The predicted octanol–water partition coefficient (Wildman–Crippen LogP) is 7.51. The van der Waals surface area contributed by atoms with E-state index >= 15 is 0 Å². The maximum absolute atomic E-state index is 6.28. The average molecular weight is 365 g/mol. The quantitative estimate of drug-likeness (QED) is 0.295. The van der Waals surface area contributed by atoms with E-state index in [1.807, 2.05) is 12.1 Å². The van der Waals surface area contributed by atoms with Gasteiger partial charge in [-0.15, -0.1) is 0 Å². The number of furan rings is 1. The molecule has 0 saturated carbocycles. The first-order chi connectivity index (χ1) is 13.8. The number of unbranched alkanes of at least 4 members (excludes halogenated alkanes) is 1. The highest BCUT2D eigenvalue weighted by molar-refractivity contribution is 6.19. The number of nitrogens with zero attached hydrogens (tertiary/aromatic N) is 1. The van der Waals surface area contributed by atoms with Crippen LogP contribution in [0.15, 0.2) is 77.2 Å². The molecule has 0 spiro atoms. The summed E-state index contributed by atoms with van der Waals surface area (Å²) in [5, 5.41) is 3.71. The molecule has 0 saturated heterocycles. The highest BCUT2D eigenvalue weighted by Gasteiger charge is 2.17. The molecule has 2 heteroatoms. The third-order valence-corrected chi connectivity index (χ3v) is 5.41. The van der Waals surface area contributed by atoms with Crippen LogP contribution in [-0.2, 0) is 6.54 Å². The number of aryl methyl sites for hydroxylation is 1. The van der Waals surface area contributed by atoms with Crippen LogP contribution < -0.4 is 0 Å². The molecule has 0 aliphatic carbocycles. The summed E-state index contributed by atoms with van der Waals surface area (Å²) >= 11 is 0. The minimum absolute atomic E-state index is 0.965. The van der Waals surface area contributed by atoms with E-state index < -0.39 is 0 Å². The molecule has 0 unspecified atom stereocenters. The van der Waals surface area contributed by atoms with E-state index in [-0.39, 0.29) is 0 Å². The zero-order chi connectivity index (χ0) is 18.9. The van der Waals surface area contributed by atoms with Crippen molar-refractivity contribution in [2.45, 2.75) is 26.3 Å². The van der Waals surface area contributed by atoms with Gasteiger partial charge in [0.05, 0.1) is 10.9 Å². The first-order valence-corrected chi connectivity index (χ1v) is 10.0. The highest BCUT2D eigenvalue weighted by atomic mass is 16.3. The van der Waals surface area contributed by atoms with Crippen LogP contribution in [0, 0.1) is 0 Å². The topological polar surface area (TPSA) is 18.1 Å². The van der Waals surface area contributed by atoms with Crippen LogP contribution in [0.2, 0.25) is 0 Å².